The van der Waals surface area contributed by atoms with Gasteiger partial charge in [0.1, 0.15) is 11.6 Å². The van der Waals surface area contributed by atoms with E-state index in [4.69, 9.17) is 0 Å². The highest BCUT2D eigenvalue weighted by atomic mass is 32.1. The number of hydrogen-bond donors (Lipinski definition) is 2. The number of hydrogen-bond acceptors (Lipinski definition) is 2. The van der Waals surface area contributed by atoms with Crippen LogP contribution in [0.5, 0.6) is 0 Å². The van der Waals surface area contributed by atoms with Crippen LogP contribution in [0.1, 0.15) is 10.4 Å². The van der Waals surface area contributed by atoms with Gasteiger partial charge in [-0.05, 0) is 18.2 Å². The monoisotopic (exact) mass is 301 g/mol. The molecule has 0 radical (unpaired) electrons. The maximum absolute atomic E-state index is 13.4. The molecule has 0 spiro atoms. The highest BCUT2D eigenvalue weighted by Crippen LogP contribution is 2.21. The molecule has 0 aliphatic rings. The average molecular weight is 301 g/mol. The molecule has 1 N–H and O–H groups in total. The molecule has 20 heavy (non-hydrogen) atoms. The van der Waals surface area contributed by atoms with E-state index in [0.29, 0.717) is 12.1 Å². The summed E-state index contributed by atoms with van der Waals surface area (Å²) in [7, 11) is 0. The minimum absolute atomic E-state index is 0.0273. The van der Waals surface area contributed by atoms with Gasteiger partial charge >= 0.3 is 0 Å². The van der Waals surface area contributed by atoms with Gasteiger partial charge in [-0.1, -0.05) is 0 Å². The van der Waals surface area contributed by atoms with Gasteiger partial charge in [0.15, 0.2) is 11.6 Å². The van der Waals surface area contributed by atoms with Crippen molar-refractivity contribution >= 4 is 24.2 Å². The fourth-order valence-electron chi connectivity index (χ4n) is 1.50. The molecule has 0 aliphatic carbocycles. The van der Waals surface area contributed by atoms with Crippen LogP contribution in [0.3, 0.4) is 0 Å². The number of amides is 1. The predicted molar refractivity (Wildman–Crippen MR) is 67.9 cm³/mol. The van der Waals surface area contributed by atoms with Gasteiger partial charge in [-0.15, -0.1) is 12.6 Å². The Bertz CT molecular complexity index is 690. The molecular formula is C13H7F4NOS. The quantitative estimate of drug-likeness (QED) is 0.493. The Labute approximate surface area is 116 Å². The summed E-state index contributed by atoms with van der Waals surface area (Å²) in [4.78, 5) is 11.7. The van der Waals surface area contributed by atoms with Crippen LogP contribution in [0.15, 0.2) is 35.2 Å². The van der Waals surface area contributed by atoms with Crippen molar-refractivity contribution in [3.63, 3.8) is 0 Å². The topological polar surface area (TPSA) is 29.1 Å². The molecule has 0 atom stereocenters. The van der Waals surface area contributed by atoms with E-state index in [0.717, 1.165) is 18.2 Å². The summed E-state index contributed by atoms with van der Waals surface area (Å²) in [6.07, 6.45) is 0. The fourth-order valence-corrected chi connectivity index (χ4v) is 1.71. The fraction of sp³-hybridized carbons (Fsp3) is 0. The lowest BCUT2D eigenvalue weighted by atomic mass is 10.2. The van der Waals surface area contributed by atoms with E-state index in [-0.39, 0.29) is 10.5 Å². The summed E-state index contributed by atoms with van der Waals surface area (Å²) in [5.41, 5.74) is -0.669. The van der Waals surface area contributed by atoms with Gasteiger partial charge in [-0.25, -0.2) is 17.6 Å². The van der Waals surface area contributed by atoms with Gasteiger partial charge < -0.3 is 5.32 Å². The molecule has 0 fully saturated rings. The number of carbonyl (C=O) groups excluding carboxylic acids is 1. The summed E-state index contributed by atoms with van der Waals surface area (Å²) >= 11 is 3.79. The Morgan fingerprint density at radius 1 is 1.00 bits per heavy atom. The van der Waals surface area contributed by atoms with Crippen LogP contribution < -0.4 is 5.32 Å². The summed E-state index contributed by atoms with van der Waals surface area (Å²) in [5, 5.41) is 2.00. The van der Waals surface area contributed by atoms with E-state index in [1.54, 1.807) is 0 Å². The Kier molecular flexibility index (Phi) is 3.99. The van der Waals surface area contributed by atoms with E-state index < -0.39 is 34.9 Å². The highest BCUT2D eigenvalue weighted by Gasteiger charge is 2.15. The van der Waals surface area contributed by atoms with Crippen molar-refractivity contribution in [3.05, 3.63) is 59.2 Å². The van der Waals surface area contributed by atoms with Crippen LogP contribution in [0.25, 0.3) is 0 Å². The molecule has 0 saturated heterocycles. The summed E-state index contributed by atoms with van der Waals surface area (Å²) < 4.78 is 52.3. The van der Waals surface area contributed by atoms with E-state index in [1.165, 1.54) is 0 Å². The number of halogens is 4. The van der Waals surface area contributed by atoms with Crippen molar-refractivity contribution in [2.75, 3.05) is 5.32 Å². The SMILES string of the molecule is O=C(Nc1cc(F)cc(F)c1F)c1ccc(F)c(S)c1. The van der Waals surface area contributed by atoms with Crippen molar-refractivity contribution < 1.29 is 22.4 Å². The third-order valence-corrected chi connectivity index (χ3v) is 2.79. The summed E-state index contributed by atoms with van der Waals surface area (Å²) in [5.74, 6) is -5.31. The molecule has 2 rings (SSSR count). The van der Waals surface area contributed by atoms with Gasteiger partial charge in [0.2, 0.25) is 0 Å². The largest absolute Gasteiger partial charge is 0.319 e. The molecule has 1 amide bonds. The number of benzene rings is 2. The zero-order valence-electron chi connectivity index (χ0n) is 9.75. The molecule has 0 bridgehead atoms. The number of carbonyl (C=O) groups is 1. The molecule has 104 valence electrons. The van der Waals surface area contributed by atoms with Crippen molar-refractivity contribution in [2.24, 2.45) is 0 Å². The molecule has 0 unspecified atom stereocenters. The van der Waals surface area contributed by atoms with Crippen molar-refractivity contribution in [3.8, 4) is 0 Å². The lowest BCUT2D eigenvalue weighted by molar-refractivity contribution is 0.102. The maximum atomic E-state index is 13.4. The molecular weight excluding hydrogens is 294 g/mol. The lowest BCUT2D eigenvalue weighted by Gasteiger charge is -2.08. The third kappa shape index (κ3) is 2.93. The molecule has 2 nitrogen and oxygen atoms in total. The average Bonchev–Trinajstić information content (AvgIpc) is 2.38. The van der Waals surface area contributed by atoms with Crippen LogP contribution in [-0.4, -0.2) is 5.91 Å². The van der Waals surface area contributed by atoms with E-state index in [9.17, 15) is 22.4 Å². The van der Waals surface area contributed by atoms with Gasteiger partial charge in [-0.3, -0.25) is 4.79 Å². The van der Waals surface area contributed by atoms with Crippen LogP contribution in [0.2, 0.25) is 0 Å². The van der Waals surface area contributed by atoms with Crippen molar-refractivity contribution in [1.29, 1.82) is 0 Å². The smallest absolute Gasteiger partial charge is 0.255 e. The first-order chi connectivity index (χ1) is 9.38. The number of thiol groups is 1. The lowest BCUT2D eigenvalue weighted by Crippen LogP contribution is -2.14. The number of nitrogens with one attached hydrogen (secondary N) is 1. The third-order valence-electron chi connectivity index (χ3n) is 2.45. The molecule has 0 heterocycles. The van der Waals surface area contributed by atoms with E-state index in [1.807, 2.05) is 5.32 Å². The van der Waals surface area contributed by atoms with E-state index >= 15 is 0 Å². The normalized spacial score (nSPS) is 10.4. The zero-order valence-corrected chi connectivity index (χ0v) is 10.6. The van der Waals surface area contributed by atoms with Crippen molar-refractivity contribution in [2.45, 2.75) is 4.90 Å². The first-order valence-corrected chi connectivity index (χ1v) is 5.77. The molecule has 0 aromatic heterocycles. The maximum Gasteiger partial charge on any atom is 0.255 e. The Balaban J connectivity index is 2.30. The molecule has 0 saturated carbocycles. The number of anilines is 1. The molecule has 2 aromatic rings. The second-order valence-corrected chi connectivity index (χ2v) is 4.35. The van der Waals surface area contributed by atoms with Crippen LogP contribution in [-0.2, 0) is 0 Å². The molecule has 7 heteroatoms. The van der Waals surface area contributed by atoms with Crippen LogP contribution in [0.4, 0.5) is 23.2 Å². The minimum Gasteiger partial charge on any atom is -0.319 e. The van der Waals surface area contributed by atoms with Gasteiger partial charge in [-0.2, -0.15) is 0 Å². The van der Waals surface area contributed by atoms with E-state index in [2.05, 4.69) is 12.6 Å². The van der Waals surface area contributed by atoms with Crippen LogP contribution in [0, 0.1) is 23.3 Å². The highest BCUT2D eigenvalue weighted by molar-refractivity contribution is 7.80. The van der Waals surface area contributed by atoms with Crippen molar-refractivity contribution in [1.82, 2.24) is 0 Å². The molecule has 0 aliphatic heterocycles. The van der Waals surface area contributed by atoms with Gasteiger partial charge in [0.05, 0.1) is 5.69 Å². The number of rotatable bonds is 2. The Morgan fingerprint density at radius 2 is 1.70 bits per heavy atom. The van der Waals surface area contributed by atoms with Crippen LogP contribution >= 0.6 is 12.6 Å². The second kappa shape index (κ2) is 5.54. The standard InChI is InChI=1S/C13H7F4NOS/c14-7-4-9(16)12(17)10(5-7)18-13(19)6-1-2-8(15)11(20)3-6/h1-5,20H,(H,18,19). The zero-order chi connectivity index (χ0) is 14.9. The second-order valence-electron chi connectivity index (χ2n) is 3.87. The van der Waals surface area contributed by atoms with Gasteiger partial charge in [0.25, 0.3) is 5.91 Å². The van der Waals surface area contributed by atoms with Gasteiger partial charge in [0, 0.05) is 22.6 Å². The Hall–Kier alpha value is -2.02. The first kappa shape index (κ1) is 14.4. The summed E-state index contributed by atoms with van der Waals surface area (Å²) in [6.45, 7) is 0. The predicted octanol–water partition coefficient (Wildman–Crippen LogP) is 3.78. The summed E-state index contributed by atoms with van der Waals surface area (Å²) in [6, 6.07) is 4.25. The minimum atomic E-state index is -1.42. The first-order valence-electron chi connectivity index (χ1n) is 5.33. The Morgan fingerprint density at radius 3 is 2.35 bits per heavy atom. The molecule has 2 aromatic carbocycles.